The molecule has 0 bridgehead atoms. The molecule has 1 heterocycles. The van der Waals surface area contributed by atoms with Crippen LogP contribution >= 0.6 is 11.3 Å². The Morgan fingerprint density at radius 2 is 2.22 bits per heavy atom. The summed E-state index contributed by atoms with van der Waals surface area (Å²) in [6, 6.07) is 3.99. The Hall–Kier alpha value is -0.460. The monoisotopic (exact) mass is 273 g/mol. The van der Waals surface area contributed by atoms with E-state index in [4.69, 9.17) is 4.74 Å². The number of aliphatic hydroxyl groups is 2. The maximum Gasteiger partial charge on any atom is 0.0900 e. The third-order valence-corrected chi connectivity index (χ3v) is 3.16. The van der Waals surface area contributed by atoms with Gasteiger partial charge in [-0.1, -0.05) is 6.07 Å². The zero-order valence-electron chi connectivity index (χ0n) is 11.3. The van der Waals surface area contributed by atoms with Crippen molar-refractivity contribution >= 4 is 11.3 Å². The highest BCUT2D eigenvalue weighted by Crippen LogP contribution is 2.10. The minimum atomic E-state index is -0.744. The maximum atomic E-state index is 9.80. The first kappa shape index (κ1) is 15.6. The van der Waals surface area contributed by atoms with Crippen molar-refractivity contribution in [2.75, 3.05) is 26.7 Å². The number of nitrogens with zero attached hydrogens (tertiary/aromatic N) is 1. The van der Waals surface area contributed by atoms with Crippen LogP contribution in [-0.4, -0.2) is 53.6 Å². The van der Waals surface area contributed by atoms with Gasteiger partial charge in [-0.25, -0.2) is 0 Å². The lowest BCUT2D eigenvalue weighted by Crippen LogP contribution is -2.41. The molecular formula is C13H23NO3S. The van der Waals surface area contributed by atoms with Gasteiger partial charge in [0.2, 0.25) is 0 Å². The molecule has 2 N–H and O–H groups in total. The predicted octanol–water partition coefficient (Wildman–Crippen LogP) is 1.33. The number of hydrogen-bond acceptors (Lipinski definition) is 5. The van der Waals surface area contributed by atoms with E-state index in [1.807, 2.05) is 29.5 Å². The lowest BCUT2D eigenvalue weighted by atomic mass is 10.1. The van der Waals surface area contributed by atoms with E-state index in [0.717, 1.165) is 4.88 Å². The molecule has 0 aromatic carbocycles. The van der Waals surface area contributed by atoms with Gasteiger partial charge in [-0.05, 0) is 32.3 Å². The van der Waals surface area contributed by atoms with E-state index in [9.17, 15) is 10.2 Å². The Balaban J connectivity index is 2.15. The molecule has 1 aromatic rings. The van der Waals surface area contributed by atoms with Crippen LogP contribution in [0.1, 0.15) is 18.7 Å². The fraction of sp³-hybridized carbons (Fsp3) is 0.692. The molecule has 0 radical (unpaired) electrons. The predicted molar refractivity (Wildman–Crippen MR) is 73.8 cm³/mol. The van der Waals surface area contributed by atoms with Gasteiger partial charge in [0, 0.05) is 18.0 Å². The van der Waals surface area contributed by atoms with Crippen molar-refractivity contribution in [3.8, 4) is 0 Å². The highest BCUT2D eigenvalue weighted by Gasteiger charge is 2.17. The fourth-order valence-electron chi connectivity index (χ4n) is 1.83. The molecule has 0 saturated heterocycles. The Labute approximate surface area is 113 Å². The standard InChI is InChI=1S/C13H23NO3S/c1-13(2,16)10-14(3)7-11(15)8-17-9-12-5-4-6-18-12/h4-6,11,15-16H,7-10H2,1-3H3. The van der Waals surface area contributed by atoms with Crippen LogP contribution in [0.25, 0.3) is 0 Å². The Bertz CT molecular complexity index is 321. The highest BCUT2D eigenvalue weighted by atomic mass is 32.1. The van der Waals surface area contributed by atoms with Crippen LogP contribution in [0.15, 0.2) is 17.5 Å². The van der Waals surface area contributed by atoms with E-state index in [2.05, 4.69) is 0 Å². The fourth-order valence-corrected chi connectivity index (χ4v) is 2.47. The number of aliphatic hydroxyl groups excluding tert-OH is 1. The molecule has 0 aliphatic carbocycles. The Morgan fingerprint density at radius 3 is 2.78 bits per heavy atom. The number of rotatable bonds is 8. The van der Waals surface area contributed by atoms with Crippen LogP contribution in [0.2, 0.25) is 0 Å². The first-order valence-electron chi connectivity index (χ1n) is 6.06. The molecular weight excluding hydrogens is 250 g/mol. The van der Waals surface area contributed by atoms with Crippen molar-refractivity contribution in [1.29, 1.82) is 0 Å². The smallest absolute Gasteiger partial charge is 0.0900 e. The third kappa shape index (κ3) is 7.08. The van der Waals surface area contributed by atoms with E-state index in [1.165, 1.54) is 0 Å². The summed E-state index contributed by atoms with van der Waals surface area (Å²) in [5.41, 5.74) is -0.744. The van der Waals surface area contributed by atoms with Crippen molar-refractivity contribution in [1.82, 2.24) is 4.90 Å². The summed E-state index contributed by atoms with van der Waals surface area (Å²) in [6.07, 6.45) is -0.530. The molecule has 0 fully saturated rings. The van der Waals surface area contributed by atoms with Gasteiger partial charge in [-0.2, -0.15) is 0 Å². The molecule has 0 aliphatic rings. The lowest BCUT2D eigenvalue weighted by molar-refractivity contribution is -0.00524. The van der Waals surface area contributed by atoms with Crippen molar-refractivity contribution in [3.63, 3.8) is 0 Å². The van der Waals surface area contributed by atoms with E-state index in [-0.39, 0.29) is 0 Å². The van der Waals surface area contributed by atoms with Gasteiger partial charge < -0.3 is 19.8 Å². The second-order valence-electron chi connectivity index (χ2n) is 5.26. The Kier molecular flexibility index (Phi) is 6.25. The second-order valence-corrected chi connectivity index (χ2v) is 6.29. The van der Waals surface area contributed by atoms with Gasteiger partial charge in [-0.15, -0.1) is 11.3 Å². The zero-order valence-corrected chi connectivity index (χ0v) is 12.1. The van der Waals surface area contributed by atoms with Crippen LogP contribution < -0.4 is 0 Å². The van der Waals surface area contributed by atoms with Crippen molar-refractivity contribution in [2.45, 2.75) is 32.2 Å². The van der Waals surface area contributed by atoms with E-state index >= 15 is 0 Å². The first-order chi connectivity index (χ1) is 8.37. The Morgan fingerprint density at radius 1 is 1.50 bits per heavy atom. The number of hydrogen-bond donors (Lipinski definition) is 2. The average molecular weight is 273 g/mol. The van der Waals surface area contributed by atoms with Gasteiger partial charge in [0.05, 0.1) is 24.9 Å². The summed E-state index contributed by atoms with van der Waals surface area (Å²) in [5, 5.41) is 21.5. The average Bonchev–Trinajstić information content (AvgIpc) is 2.66. The van der Waals surface area contributed by atoms with E-state index in [0.29, 0.717) is 26.3 Å². The first-order valence-corrected chi connectivity index (χ1v) is 6.94. The van der Waals surface area contributed by atoms with Gasteiger partial charge >= 0.3 is 0 Å². The molecule has 4 nitrogen and oxygen atoms in total. The molecule has 104 valence electrons. The molecule has 1 atom stereocenters. The van der Waals surface area contributed by atoms with E-state index < -0.39 is 11.7 Å². The van der Waals surface area contributed by atoms with Gasteiger partial charge in [0.25, 0.3) is 0 Å². The summed E-state index contributed by atoms with van der Waals surface area (Å²) >= 11 is 1.65. The minimum Gasteiger partial charge on any atom is -0.389 e. The number of ether oxygens (including phenoxy) is 1. The summed E-state index contributed by atoms with van der Waals surface area (Å²) in [5.74, 6) is 0. The van der Waals surface area contributed by atoms with Crippen molar-refractivity contribution in [2.24, 2.45) is 0 Å². The molecule has 1 aromatic heterocycles. The molecule has 1 rings (SSSR count). The topological polar surface area (TPSA) is 52.9 Å². The van der Waals surface area contributed by atoms with Crippen molar-refractivity contribution < 1.29 is 14.9 Å². The van der Waals surface area contributed by atoms with Crippen LogP contribution in [-0.2, 0) is 11.3 Å². The molecule has 0 aliphatic heterocycles. The summed E-state index contributed by atoms with van der Waals surface area (Å²) in [7, 11) is 1.88. The van der Waals surface area contributed by atoms with Crippen LogP contribution in [0, 0.1) is 0 Å². The molecule has 1 unspecified atom stereocenters. The highest BCUT2D eigenvalue weighted by molar-refractivity contribution is 7.09. The third-order valence-electron chi connectivity index (χ3n) is 2.31. The van der Waals surface area contributed by atoms with Crippen LogP contribution in [0.4, 0.5) is 0 Å². The van der Waals surface area contributed by atoms with Gasteiger partial charge in [0.15, 0.2) is 0 Å². The number of likely N-dealkylation sites (N-methyl/N-ethyl adjacent to an activating group) is 1. The largest absolute Gasteiger partial charge is 0.389 e. The summed E-state index contributed by atoms with van der Waals surface area (Å²) in [4.78, 5) is 3.06. The van der Waals surface area contributed by atoms with Crippen molar-refractivity contribution in [3.05, 3.63) is 22.4 Å². The summed E-state index contributed by atoms with van der Waals surface area (Å²) < 4.78 is 5.44. The zero-order chi connectivity index (χ0) is 13.6. The van der Waals surface area contributed by atoms with Gasteiger partial charge in [-0.3, -0.25) is 0 Å². The minimum absolute atomic E-state index is 0.314. The quantitative estimate of drug-likeness (QED) is 0.750. The van der Waals surface area contributed by atoms with Gasteiger partial charge in [0.1, 0.15) is 0 Å². The summed E-state index contributed by atoms with van der Waals surface area (Å²) in [6.45, 7) is 5.38. The number of thiophene rings is 1. The second kappa shape index (κ2) is 7.21. The maximum absolute atomic E-state index is 9.80. The molecule has 0 amide bonds. The van der Waals surface area contributed by atoms with E-state index in [1.54, 1.807) is 25.2 Å². The molecule has 0 saturated carbocycles. The normalized spacial score (nSPS) is 14.1. The molecule has 5 heteroatoms. The lowest BCUT2D eigenvalue weighted by Gasteiger charge is -2.27. The van der Waals surface area contributed by atoms with Crippen LogP contribution in [0.5, 0.6) is 0 Å². The molecule has 18 heavy (non-hydrogen) atoms. The SMILES string of the molecule is CN(CC(O)COCc1cccs1)CC(C)(C)O. The molecule has 0 spiro atoms. The van der Waals surface area contributed by atoms with Crippen LogP contribution in [0.3, 0.4) is 0 Å².